The van der Waals surface area contributed by atoms with Gasteiger partial charge in [0.1, 0.15) is 11.6 Å². The zero-order valence-electron chi connectivity index (χ0n) is 10.4. The molecule has 2 aromatic carbocycles. The van der Waals surface area contributed by atoms with Crippen LogP contribution in [0.5, 0.6) is 0 Å². The molecule has 2 aromatic rings. The fraction of sp³-hybridized carbons (Fsp3) is 0.200. The molecule has 1 nitrogen and oxygen atoms in total. The molecule has 0 aliphatic carbocycles. The van der Waals surface area contributed by atoms with Gasteiger partial charge in [0, 0.05) is 5.56 Å². The lowest BCUT2D eigenvalue weighted by Crippen LogP contribution is -2.15. The molecule has 0 heterocycles. The van der Waals surface area contributed by atoms with Gasteiger partial charge in [0.05, 0.1) is 6.04 Å². The number of hydrogen-bond donors (Lipinski definition) is 1. The van der Waals surface area contributed by atoms with Crippen LogP contribution in [0.4, 0.5) is 8.78 Å². The molecule has 0 saturated heterocycles. The molecule has 0 fully saturated rings. The Morgan fingerprint density at radius 3 is 2.39 bits per heavy atom. The summed E-state index contributed by atoms with van der Waals surface area (Å²) in [4.78, 5) is 0. The van der Waals surface area contributed by atoms with E-state index in [-0.39, 0.29) is 11.6 Å². The second-order valence-corrected chi connectivity index (χ2v) is 4.46. The lowest BCUT2D eigenvalue weighted by atomic mass is 9.94. The fourth-order valence-electron chi connectivity index (χ4n) is 2.02. The van der Waals surface area contributed by atoms with Crippen LogP contribution in [0.1, 0.15) is 28.3 Å². The first kappa shape index (κ1) is 12.7. The zero-order chi connectivity index (χ0) is 13.3. The molecule has 94 valence electrons. The van der Waals surface area contributed by atoms with Crippen molar-refractivity contribution in [2.24, 2.45) is 5.73 Å². The van der Waals surface area contributed by atoms with Crippen LogP contribution in [0.3, 0.4) is 0 Å². The Balaban J connectivity index is 2.51. The van der Waals surface area contributed by atoms with E-state index in [0.717, 1.165) is 5.56 Å². The minimum atomic E-state index is -0.652. The van der Waals surface area contributed by atoms with E-state index in [4.69, 9.17) is 5.73 Å². The molecule has 0 bridgehead atoms. The first-order valence-corrected chi connectivity index (χ1v) is 5.77. The van der Waals surface area contributed by atoms with E-state index >= 15 is 0 Å². The Bertz CT molecular complexity index is 577. The van der Waals surface area contributed by atoms with E-state index in [1.165, 1.54) is 12.1 Å². The average Bonchev–Trinajstić information content (AvgIpc) is 2.35. The maximum atomic E-state index is 14.0. The molecule has 1 unspecified atom stereocenters. The molecule has 1 atom stereocenters. The van der Waals surface area contributed by atoms with Crippen molar-refractivity contribution < 1.29 is 8.78 Å². The van der Waals surface area contributed by atoms with Gasteiger partial charge in [-0.15, -0.1) is 0 Å². The van der Waals surface area contributed by atoms with Crippen LogP contribution in [0.15, 0.2) is 36.4 Å². The summed E-state index contributed by atoms with van der Waals surface area (Å²) < 4.78 is 27.2. The maximum absolute atomic E-state index is 14.0. The summed E-state index contributed by atoms with van der Waals surface area (Å²) in [7, 11) is 0. The van der Waals surface area contributed by atoms with Crippen molar-refractivity contribution in [3.63, 3.8) is 0 Å². The second kappa shape index (κ2) is 4.86. The third-order valence-corrected chi connectivity index (χ3v) is 3.13. The van der Waals surface area contributed by atoms with E-state index in [9.17, 15) is 8.78 Å². The van der Waals surface area contributed by atoms with Crippen molar-refractivity contribution in [1.29, 1.82) is 0 Å². The summed E-state index contributed by atoms with van der Waals surface area (Å²) in [5.74, 6) is -0.687. The quantitative estimate of drug-likeness (QED) is 0.861. The van der Waals surface area contributed by atoms with Gasteiger partial charge < -0.3 is 5.73 Å². The average molecular weight is 247 g/mol. The topological polar surface area (TPSA) is 26.0 Å². The van der Waals surface area contributed by atoms with Crippen LogP contribution < -0.4 is 5.73 Å². The Morgan fingerprint density at radius 1 is 0.944 bits per heavy atom. The van der Waals surface area contributed by atoms with Crippen molar-refractivity contribution >= 4 is 0 Å². The van der Waals surface area contributed by atoms with Crippen molar-refractivity contribution in [2.75, 3.05) is 0 Å². The van der Waals surface area contributed by atoms with Crippen LogP contribution in [0.25, 0.3) is 0 Å². The standard InChI is InChI=1S/C15H15F2N/c1-9-6-7-11(16)8-13(9)15(18)12-5-3-4-10(2)14(12)17/h3-8,15H,18H2,1-2H3. The Morgan fingerprint density at radius 2 is 1.67 bits per heavy atom. The minimum Gasteiger partial charge on any atom is -0.320 e. The van der Waals surface area contributed by atoms with Gasteiger partial charge in [-0.3, -0.25) is 0 Å². The van der Waals surface area contributed by atoms with Crippen molar-refractivity contribution in [3.8, 4) is 0 Å². The highest BCUT2D eigenvalue weighted by Crippen LogP contribution is 2.26. The van der Waals surface area contributed by atoms with Crippen LogP contribution in [0, 0.1) is 25.5 Å². The highest BCUT2D eigenvalue weighted by atomic mass is 19.1. The van der Waals surface area contributed by atoms with E-state index in [0.29, 0.717) is 16.7 Å². The normalized spacial score (nSPS) is 12.5. The first-order valence-electron chi connectivity index (χ1n) is 5.77. The van der Waals surface area contributed by atoms with Gasteiger partial charge in [0.25, 0.3) is 0 Å². The third-order valence-electron chi connectivity index (χ3n) is 3.13. The molecular formula is C15H15F2N. The number of benzene rings is 2. The Labute approximate surface area is 105 Å². The van der Waals surface area contributed by atoms with Crippen LogP contribution in [0.2, 0.25) is 0 Å². The van der Waals surface area contributed by atoms with E-state index in [1.807, 2.05) is 6.92 Å². The summed E-state index contributed by atoms with van der Waals surface area (Å²) in [6, 6.07) is 8.81. The SMILES string of the molecule is Cc1ccc(F)cc1C(N)c1cccc(C)c1F. The molecule has 0 amide bonds. The molecular weight excluding hydrogens is 232 g/mol. The Kier molecular flexibility index (Phi) is 3.43. The molecule has 0 aromatic heterocycles. The molecule has 0 aliphatic rings. The van der Waals surface area contributed by atoms with Crippen LogP contribution in [-0.4, -0.2) is 0 Å². The molecule has 18 heavy (non-hydrogen) atoms. The molecule has 0 radical (unpaired) electrons. The number of nitrogens with two attached hydrogens (primary N) is 1. The lowest BCUT2D eigenvalue weighted by Gasteiger charge is -2.17. The number of hydrogen-bond acceptors (Lipinski definition) is 1. The number of halogens is 2. The second-order valence-electron chi connectivity index (χ2n) is 4.46. The summed E-state index contributed by atoms with van der Waals surface area (Å²) in [5.41, 5.74) is 8.44. The molecule has 2 N–H and O–H groups in total. The zero-order valence-corrected chi connectivity index (χ0v) is 10.4. The maximum Gasteiger partial charge on any atom is 0.131 e. The van der Waals surface area contributed by atoms with Crippen molar-refractivity contribution in [1.82, 2.24) is 0 Å². The molecule has 0 saturated carbocycles. The van der Waals surface area contributed by atoms with Gasteiger partial charge in [0.15, 0.2) is 0 Å². The largest absolute Gasteiger partial charge is 0.320 e. The molecule has 0 spiro atoms. The molecule has 0 aliphatic heterocycles. The summed E-state index contributed by atoms with van der Waals surface area (Å²) in [5, 5.41) is 0. The predicted molar refractivity (Wildman–Crippen MR) is 68.3 cm³/mol. The Hall–Kier alpha value is -1.74. The monoisotopic (exact) mass is 247 g/mol. The number of rotatable bonds is 2. The fourth-order valence-corrected chi connectivity index (χ4v) is 2.02. The molecule has 3 heteroatoms. The van der Waals surface area contributed by atoms with E-state index in [1.54, 1.807) is 31.2 Å². The van der Waals surface area contributed by atoms with Crippen molar-refractivity contribution in [3.05, 3.63) is 70.3 Å². The highest BCUT2D eigenvalue weighted by molar-refractivity contribution is 5.38. The van der Waals surface area contributed by atoms with Gasteiger partial charge in [-0.2, -0.15) is 0 Å². The predicted octanol–water partition coefficient (Wildman–Crippen LogP) is 3.63. The summed E-state index contributed by atoms with van der Waals surface area (Å²) >= 11 is 0. The smallest absolute Gasteiger partial charge is 0.131 e. The van der Waals surface area contributed by atoms with Gasteiger partial charge in [0.2, 0.25) is 0 Å². The first-order chi connectivity index (χ1) is 8.50. The third kappa shape index (κ3) is 2.27. The van der Waals surface area contributed by atoms with Crippen molar-refractivity contribution in [2.45, 2.75) is 19.9 Å². The molecule has 2 rings (SSSR count). The van der Waals surface area contributed by atoms with Gasteiger partial charge in [-0.1, -0.05) is 24.3 Å². The van der Waals surface area contributed by atoms with E-state index < -0.39 is 6.04 Å². The van der Waals surface area contributed by atoms with E-state index in [2.05, 4.69) is 0 Å². The van der Waals surface area contributed by atoms with Crippen LogP contribution in [-0.2, 0) is 0 Å². The van der Waals surface area contributed by atoms with Gasteiger partial charge >= 0.3 is 0 Å². The summed E-state index contributed by atoms with van der Waals surface area (Å²) in [6.45, 7) is 3.52. The van der Waals surface area contributed by atoms with Crippen LogP contribution >= 0.6 is 0 Å². The highest BCUT2D eigenvalue weighted by Gasteiger charge is 2.17. The van der Waals surface area contributed by atoms with Gasteiger partial charge in [-0.05, 0) is 42.7 Å². The van der Waals surface area contributed by atoms with Gasteiger partial charge in [-0.25, -0.2) is 8.78 Å². The minimum absolute atomic E-state index is 0.325. The lowest BCUT2D eigenvalue weighted by molar-refractivity contribution is 0.587. The number of aryl methyl sites for hydroxylation is 2. The summed E-state index contributed by atoms with van der Waals surface area (Å²) in [6.07, 6.45) is 0.